The number of hydrogen-bond acceptors (Lipinski definition) is 1. The minimum absolute atomic E-state index is 0.366. The molecular formula is C22H28O. The molecule has 0 aliphatic carbocycles. The van der Waals surface area contributed by atoms with E-state index in [4.69, 9.17) is 0 Å². The molecule has 0 saturated heterocycles. The Labute approximate surface area is 140 Å². The van der Waals surface area contributed by atoms with Gasteiger partial charge in [-0.05, 0) is 24.0 Å². The van der Waals surface area contributed by atoms with Crippen molar-refractivity contribution in [3.05, 3.63) is 71.8 Å². The van der Waals surface area contributed by atoms with Crippen molar-refractivity contribution in [2.75, 3.05) is 0 Å². The normalized spacial score (nSPS) is 11.4. The summed E-state index contributed by atoms with van der Waals surface area (Å²) < 4.78 is 0. The summed E-state index contributed by atoms with van der Waals surface area (Å²) >= 11 is 0. The molecule has 2 aromatic rings. The van der Waals surface area contributed by atoms with Crippen LogP contribution in [0.15, 0.2) is 60.7 Å². The van der Waals surface area contributed by atoms with Crippen LogP contribution in [-0.4, -0.2) is 5.78 Å². The smallest absolute Gasteiger partial charge is 0.147 e. The summed E-state index contributed by atoms with van der Waals surface area (Å²) in [6.07, 6.45) is 5.72. The number of carbonyl (C=O) groups is 1. The van der Waals surface area contributed by atoms with Gasteiger partial charge in [0.05, 0.1) is 5.41 Å². The van der Waals surface area contributed by atoms with Crippen LogP contribution in [0.1, 0.15) is 63.5 Å². The maximum absolute atomic E-state index is 13.3. The zero-order valence-electron chi connectivity index (χ0n) is 14.4. The Balaban J connectivity index is 2.56. The van der Waals surface area contributed by atoms with Gasteiger partial charge in [0.15, 0.2) is 0 Å². The molecule has 0 aromatic heterocycles. The first-order valence-electron chi connectivity index (χ1n) is 8.90. The van der Waals surface area contributed by atoms with Crippen molar-refractivity contribution in [2.45, 2.75) is 57.8 Å². The Hall–Kier alpha value is -1.89. The molecule has 0 radical (unpaired) electrons. The molecule has 0 atom stereocenters. The topological polar surface area (TPSA) is 17.1 Å². The molecule has 0 amide bonds. The predicted octanol–water partition coefficient (Wildman–Crippen LogP) is 5.92. The fourth-order valence-corrected chi connectivity index (χ4v) is 3.35. The molecule has 0 spiro atoms. The Bertz CT molecular complexity index is 546. The van der Waals surface area contributed by atoms with Gasteiger partial charge in [0, 0.05) is 6.42 Å². The second-order valence-electron chi connectivity index (χ2n) is 6.27. The molecule has 2 aromatic carbocycles. The lowest BCUT2D eigenvalue weighted by Crippen LogP contribution is -2.37. The lowest BCUT2D eigenvalue weighted by molar-refractivity contribution is -0.123. The maximum Gasteiger partial charge on any atom is 0.147 e. The largest absolute Gasteiger partial charge is 0.298 e. The van der Waals surface area contributed by atoms with Crippen molar-refractivity contribution >= 4 is 5.78 Å². The van der Waals surface area contributed by atoms with Crippen LogP contribution >= 0.6 is 0 Å². The van der Waals surface area contributed by atoms with Gasteiger partial charge < -0.3 is 0 Å². The van der Waals surface area contributed by atoms with Crippen molar-refractivity contribution in [3.63, 3.8) is 0 Å². The van der Waals surface area contributed by atoms with E-state index >= 15 is 0 Å². The highest BCUT2D eigenvalue weighted by molar-refractivity contribution is 5.93. The summed E-state index contributed by atoms with van der Waals surface area (Å²) in [6.45, 7) is 4.34. The maximum atomic E-state index is 13.3. The van der Waals surface area contributed by atoms with Crippen LogP contribution in [0.3, 0.4) is 0 Å². The summed E-state index contributed by atoms with van der Waals surface area (Å²) in [7, 11) is 0. The highest BCUT2D eigenvalue weighted by atomic mass is 16.1. The molecule has 23 heavy (non-hydrogen) atoms. The van der Waals surface area contributed by atoms with Gasteiger partial charge >= 0.3 is 0 Å². The van der Waals surface area contributed by atoms with Gasteiger partial charge in [0.2, 0.25) is 0 Å². The predicted molar refractivity (Wildman–Crippen MR) is 97.7 cm³/mol. The van der Waals surface area contributed by atoms with E-state index in [-0.39, 0.29) is 0 Å². The molecule has 122 valence electrons. The Kier molecular flexibility index (Phi) is 6.58. The molecule has 0 aliphatic rings. The first-order valence-corrected chi connectivity index (χ1v) is 8.90. The average molecular weight is 308 g/mol. The van der Waals surface area contributed by atoms with Crippen molar-refractivity contribution in [2.24, 2.45) is 0 Å². The third-order valence-electron chi connectivity index (χ3n) is 4.67. The van der Waals surface area contributed by atoms with Gasteiger partial charge in [0.25, 0.3) is 0 Å². The average Bonchev–Trinajstić information content (AvgIpc) is 2.62. The van der Waals surface area contributed by atoms with E-state index in [0.29, 0.717) is 12.2 Å². The monoisotopic (exact) mass is 308 g/mol. The minimum Gasteiger partial charge on any atom is -0.298 e. The minimum atomic E-state index is -0.492. The van der Waals surface area contributed by atoms with Gasteiger partial charge in [-0.25, -0.2) is 0 Å². The van der Waals surface area contributed by atoms with Crippen LogP contribution in [0.2, 0.25) is 0 Å². The second kappa shape index (κ2) is 8.67. The second-order valence-corrected chi connectivity index (χ2v) is 6.27. The van der Waals surface area contributed by atoms with Crippen LogP contribution in [0.25, 0.3) is 0 Å². The van der Waals surface area contributed by atoms with E-state index in [2.05, 4.69) is 38.1 Å². The summed E-state index contributed by atoms with van der Waals surface area (Å²) in [5.41, 5.74) is 1.79. The molecule has 0 fully saturated rings. The third-order valence-corrected chi connectivity index (χ3v) is 4.67. The fraction of sp³-hybridized carbons (Fsp3) is 0.409. The summed E-state index contributed by atoms with van der Waals surface area (Å²) in [6, 6.07) is 20.7. The lowest BCUT2D eigenvalue weighted by Gasteiger charge is -2.34. The van der Waals surface area contributed by atoms with Crippen molar-refractivity contribution < 1.29 is 4.79 Å². The van der Waals surface area contributed by atoms with Crippen LogP contribution in [0.4, 0.5) is 0 Å². The number of Topliss-reactive ketones (excluding diaryl/α,β-unsaturated/α-hetero) is 1. The van der Waals surface area contributed by atoms with Gasteiger partial charge in [-0.3, -0.25) is 4.79 Å². The van der Waals surface area contributed by atoms with Crippen LogP contribution in [0.5, 0.6) is 0 Å². The van der Waals surface area contributed by atoms with Gasteiger partial charge in [-0.2, -0.15) is 0 Å². The number of carbonyl (C=O) groups excluding carboxylic acids is 1. The molecule has 0 aliphatic heterocycles. The SMILES string of the molecule is CCCCC(=O)C(CCCC)(c1ccccc1)c1ccccc1. The Morgan fingerprint density at radius 3 is 1.70 bits per heavy atom. The number of hydrogen-bond donors (Lipinski definition) is 0. The third kappa shape index (κ3) is 3.90. The zero-order valence-corrected chi connectivity index (χ0v) is 14.4. The van der Waals surface area contributed by atoms with Gasteiger partial charge in [-0.1, -0.05) is 93.8 Å². The fourth-order valence-electron chi connectivity index (χ4n) is 3.35. The molecule has 0 N–H and O–H groups in total. The highest BCUT2D eigenvalue weighted by Gasteiger charge is 2.40. The van der Waals surface area contributed by atoms with Crippen LogP contribution in [0, 0.1) is 0 Å². The molecule has 1 heteroatoms. The zero-order chi connectivity index (χ0) is 16.5. The molecule has 1 nitrogen and oxygen atoms in total. The molecule has 0 heterocycles. The molecule has 2 rings (SSSR count). The first kappa shape index (κ1) is 17.5. The summed E-state index contributed by atoms with van der Waals surface area (Å²) in [5, 5.41) is 0. The van der Waals surface area contributed by atoms with E-state index in [9.17, 15) is 4.79 Å². The Morgan fingerprint density at radius 1 is 0.783 bits per heavy atom. The van der Waals surface area contributed by atoms with Crippen molar-refractivity contribution in [1.82, 2.24) is 0 Å². The lowest BCUT2D eigenvalue weighted by atomic mass is 9.67. The number of rotatable bonds is 9. The van der Waals surface area contributed by atoms with Crippen molar-refractivity contribution in [1.29, 1.82) is 0 Å². The quantitative estimate of drug-likeness (QED) is 0.561. The summed E-state index contributed by atoms with van der Waals surface area (Å²) in [5.74, 6) is 0.366. The molecule has 0 bridgehead atoms. The van der Waals surface area contributed by atoms with Crippen LogP contribution < -0.4 is 0 Å². The van der Waals surface area contributed by atoms with Gasteiger partial charge in [-0.15, -0.1) is 0 Å². The summed E-state index contributed by atoms with van der Waals surface area (Å²) in [4.78, 5) is 13.3. The number of unbranched alkanes of at least 4 members (excludes halogenated alkanes) is 2. The standard InChI is InChI=1S/C22H28O/c1-3-5-17-21(23)22(18-6-4-2,19-13-9-7-10-14-19)20-15-11-8-12-16-20/h7-16H,3-6,17-18H2,1-2H3. The molecule has 0 unspecified atom stereocenters. The highest BCUT2D eigenvalue weighted by Crippen LogP contribution is 2.39. The van der Waals surface area contributed by atoms with E-state index < -0.39 is 5.41 Å². The number of benzene rings is 2. The molecular weight excluding hydrogens is 280 g/mol. The van der Waals surface area contributed by atoms with E-state index in [1.54, 1.807) is 0 Å². The Morgan fingerprint density at radius 2 is 1.26 bits per heavy atom. The first-order chi connectivity index (χ1) is 11.3. The van der Waals surface area contributed by atoms with Crippen molar-refractivity contribution in [3.8, 4) is 0 Å². The van der Waals surface area contributed by atoms with Gasteiger partial charge in [0.1, 0.15) is 5.78 Å². The molecule has 0 saturated carbocycles. The number of ketones is 1. The van der Waals surface area contributed by atoms with E-state index in [1.165, 1.54) is 0 Å². The van der Waals surface area contributed by atoms with E-state index in [0.717, 1.165) is 43.2 Å². The van der Waals surface area contributed by atoms with E-state index in [1.807, 2.05) is 36.4 Å². The van der Waals surface area contributed by atoms with Crippen LogP contribution in [-0.2, 0) is 10.2 Å².